The van der Waals surface area contributed by atoms with Crippen molar-refractivity contribution >= 4 is 31.9 Å². The maximum Gasteiger partial charge on any atom is 0.289 e. The number of furan rings is 1. The molecule has 0 aliphatic heterocycles. The van der Waals surface area contributed by atoms with Crippen molar-refractivity contribution in [3.05, 3.63) is 16.5 Å². The minimum Gasteiger partial charge on any atom is -0.443 e. The maximum absolute atomic E-state index is 11.9. The van der Waals surface area contributed by atoms with Crippen molar-refractivity contribution < 1.29 is 22.4 Å². The lowest BCUT2D eigenvalue weighted by Gasteiger charge is -2.14. The first-order chi connectivity index (χ1) is 8.27. The second kappa shape index (κ2) is 5.83. The summed E-state index contributed by atoms with van der Waals surface area (Å²) in [6.07, 6.45) is 0. The molecular formula is C9H13BrN2O5S. The van der Waals surface area contributed by atoms with Crippen molar-refractivity contribution in [2.45, 2.75) is 4.90 Å². The third-order valence-electron chi connectivity index (χ3n) is 2.15. The van der Waals surface area contributed by atoms with Gasteiger partial charge in [0, 0.05) is 26.8 Å². The lowest BCUT2D eigenvalue weighted by molar-refractivity contribution is 0.0712. The van der Waals surface area contributed by atoms with Gasteiger partial charge in [-0.2, -0.15) is 0 Å². The van der Waals surface area contributed by atoms with E-state index in [4.69, 9.17) is 14.3 Å². The van der Waals surface area contributed by atoms with Gasteiger partial charge in [0.2, 0.25) is 10.0 Å². The quantitative estimate of drug-likeness (QED) is 0.835. The highest BCUT2D eigenvalue weighted by Crippen LogP contribution is 2.25. The van der Waals surface area contributed by atoms with E-state index >= 15 is 0 Å². The summed E-state index contributed by atoms with van der Waals surface area (Å²) in [4.78, 5) is 13.0. The number of hydrogen-bond acceptors (Lipinski definition) is 5. The second-order valence-electron chi connectivity index (χ2n) is 3.51. The minimum absolute atomic E-state index is 0.0894. The van der Waals surface area contributed by atoms with Crippen LogP contribution in [0.2, 0.25) is 0 Å². The first-order valence-electron chi connectivity index (χ1n) is 4.84. The van der Waals surface area contributed by atoms with Gasteiger partial charge in [0.15, 0.2) is 10.4 Å². The SMILES string of the molecule is COCCN(C)C(=O)c1cc(S(N)(=O)=O)c(Br)o1. The Balaban J connectivity index is 2.95. The molecule has 0 unspecified atom stereocenters. The van der Waals surface area contributed by atoms with E-state index in [1.165, 1.54) is 12.0 Å². The topological polar surface area (TPSA) is 103 Å². The van der Waals surface area contributed by atoms with Gasteiger partial charge in [-0.3, -0.25) is 4.79 Å². The molecule has 1 rings (SSSR count). The van der Waals surface area contributed by atoms with Crippen molar-refractivity contribution in [1.82, 2.24) is 4.90 Å². The molecule has 1 heterocycles. The second-order valence-corrected chi connectivity index (χ2v) is 5.76. The number of nitrogens with two attached hydrogens (primary N) is 1. The summed E-state index contributed by atoms with van der Waals surface area (Å²) in [5.74, 6) is -0.563. The number of carbonyl (C=O) groups excluding carboxylic acids is 1. The molecule has 0 aromatic carbocycles. The van der Waals surface area contributed by atoms with Gasteiger partial charge < -0.3 is 14.1 Å². The van der Waals surface area contributed by atoms with E-state index < -0.39 is 15.9 Å². The Labute approximate surface area is 113 Å². The van der Waals surface area contributed by atoms with Gasteiger partial charge in [-0.1, -0.05) is 0 Å². The van der Waals surface area contributed by atoms with E-state index in [0.717, 1.165) is 6.07 Å². The molecule has 1 aromatic heterocycles. The molecule has 0 saturated heterocycles. The van der Waals surface area contributed by atoms with Crippen LogP contribution in [0.5, 0.6) is 0 Å². The lowest BCUT2D eigenvalue weighted by atomic mass is 10.4. The molecule has 102 valence electrons. The van der Waals surface area contributed by atoms with Crippen molar-refractivity contribution in [2.24, 2.45) is 5.14 Å². The van der Waals surface area contributed by atoms with Gasteiger partial charge in [-0.15, -0.1) is 0 Å². The van der Waals surface area contributed by atoms with Crippen LogP contribution in [0.1, 0.15) is 10.6 Å². The molecule has 2 N–H and O–H groups in total. The largest absolute Gasteiger partial charge is 0.443 e. The summed E-state index contributed by atoms with van der Waals surface area (Å²) in [5, 5.41) is 4.96. The number of nitrogens with zero attached hydrogens (tertiary/aromatic N) is 1. The van der Waals surface area contributed by atoms with Gasteiger partial charge in [-0.05, 0) is 15.9 Å². The molecule has 0 aliphatic carbocycles. The predicted octanol–water partition coefficient (Wildman–Crippen LogP) is 0.408. The van der Waals surface area contributed by atoms with E-state index in [9.17, 15) is 13.2 Å². The molecule has 7 nitrogen and oxygen atoms in total. The highest BCUT2D eigenvalue weighted by molar-refractivity contribution is 9.10. The number of ether oxygens (including phenoxy) is 1. The summed E-state index contributed by atoms with van der Waals surface area (Å²) in [6.45, 7) is 0.727. The van der Waals surface area contributed by atoms with Crippen LogP contribution < -0.4 is 5.14 Å². The van der Waals surface area contributed by atoms with Crippen LogP contribution in [0.25, 0.3) is 0 Å². The van der Waals surface area contributed by atoms with Crippen LogP contribution >= 0.6 is 15.9 Å². The van der Waals surface area contributed by atoms with Crippen LogP contribution in [-0.4, -0.2) is 46.5 Å². The molecule has 0 saturated carbocycles. The Kier molecular flexibility index (Phi) is 4.91. The number of carbonyl (C=O) groups is 1. The number of rotatable bonds is 5. The van der Waals surface area contributed by atoms with Gasteiger partial charge in [0.05, 0.1) is 6.61 Å². The molecule has 9 heteroatoms. The average Bonchev–Trinajstić information content (AvgIpc) is 2.66. The highest BCUT2D eigenvalue weighted by Gasteiger charge is 2.23. The van der Waals surface area contributed by atoms with E-state index in [0.29, 0.717) is 13.2 Å². The predicted molar refractivity (Wildman–Crippen MR) is 66.6 cm³/mol. The fourth-order valence-corrected chi connectivity index (χ4v) is 2.67. The van der Waals surface area contributed by atoms with E-state index in [1.807, 2.05) is 0 Å². The minimum atomic E-state index is -3.92. The maximum atomic E-state index is 11.9. The van der Waals surface area contributed by atoms with Gasteiger partial charge in [0.1, 0.15) is 4.90 Å². The lowest BCUT2D eigenvalue weighted by Crippen LogP contribution is -2.29. The summed E-state index contributed by atoms with van der Waals surface area (Å²) < 4.78 is 32.1. The van der Waals surface area contributed by atoms with Gasteiger partial charge >= 0.3 is 0 Å². The monoisotopic (exact) mass is 340 g/mol. The molecule has 18 heavy (non-hydrogen) atoms. The smallest absolute Gasteiger partial charge is 0.289 e. The van der Waals surface area contributed by atoms with Crippen LogP contribution in [0.15, 0.2) is 20.0 Å². The molecule has 1 amide bonds. The van der Waals surface area contributed by atoms with E-state index in [1.54, 1.807) is 7.05 Å². The summed E-state index contributed by atoms with van der Waals surface area (Å²) in [6, 6.07) is 1.09. The number of halogens is 1. The van der Waals surface area contributed by atoms with Crippen molar-refractivity contribution in [1.29, 1.82) is 0 Å². The third-order valence-corrected chi connectivity index (χ3v) is 3.92. The van der Waals surface area contributed by atoms with Crippen LogP contribution in [0.4, 0.5) is 0 Å². The zero-order valence-corrected chi connectivity index (χ0v) is 12.2. The van der Waals surface area contributed by atoms with Gasteiger partial charge in [0.25, 0.3) is 5.91 Å². The Morgan fingerprint density at radius 1 is 1.61 bits per heavy atom. The Morgan fingerprint density at radius 3 is 2.67 bits per heavy atom. The fraction of sp³-hybridized carbons (Fsp3) is 0.444. The Bertz CT molecular complexity index is 539. The van der Waals surface area contributed by atoms with Gasteiger partial charge in [-0.25, -0.2) is 13.6 Å². The average molecular weight is 341 g/mol. The van der Waals surface area contributed by atoms with Crippen molar-refractivity contribution in [3.8, 4) is 0 Å². The molecule has 0 spiro atoms. The van der Waals surface area contributed by atoms with Crippen molar-refractivity contribution in [3.63, 3.8) is 0 Å². The molecule has 0 fully saturated rings. The van der Waals surface area contributed by atoms with Crippen LogP contribution in [-0.2, 0) is 14.8 Å². The highest BCUT2D eigenvalue weighted by atomic mass is 79.9. The molecule has 0 atom stereocenters. The number of sulfonamides is 1. The number of amides is 1. The van der Waals surface area contributed by atoms with E-state index in [-0.39, 0.29) is 15.3 Å². The zero-order chi connectivity index (χ0) is 13.9. The third kappa shape index (κ3) is 3.55. The van der Waals surface area contributed by atoms with Crippen LogP contribution in [0, 0.1) is 0 Å². The molecule has 0 radical (unpaired) electrons. The summed E-state index contributed by atoms with van der Waals surface area (Å²) >= 11 is 2.90. The van der Waals surface area contributed by atoms with Crippen molar-refractivity contribution in [2.75, 3.05) is 27.3 Å². The van der Waals surface area contributed by atoms with E-state index in [2.05, 4.69) is 15.9 Å². The standard InChI is InChI=1S/C9H13BrN2O5S/c1-12(3-4-16-2)9(13)6-5-7(8(10)17-6)18(11,14)15/h5H,3-4H2,1-2H3,(H2,11,14,15). The number of primary sulfonamides is 1. The zero-order valence-electron chi connectivity index (χ0n) is 9.84. The Morgan fingerprint density at radius 2 is 2.22 bits per heavy atom. The van der Waals surface area contributed by atoms with Crippen LogP contribution in [0.3, 0.4) is 0 Å². The number of likely N-dealkylation sites (N-methyl/N-ethyl adjacent to an activating group) is 1. The number of hydrogen-bond donors (Lipinski definition) is 1. The first-order valence-corrected chi connectivity index (χ1v) is 7.18. The fourth-order valence-electron chi connectivity index (χ4n) is 1.17. The number of methoxy groups -OCH3 is 1. The molecule has 1 aromatic rings. The summed E-state index contributed by atoms with van der Waals surface area (Å²) in [7, 11) is -0.860. The first kappa shape index (κ1) is 15.2. The Hall–Kier alpha value is -0.900. The summed E-state index contributed by atoms with van der Waals surface area (Å²) in [5.41, 5.74) is 0. The molecule has 0 bridgehead atoms. The normalized spacial score (nSPS) is 11.6. The molecular weight excluding hydrogens is 328 g/mol. The molecule has 0 aliphatic rings.